The van der Waals surface area contributed by atoms with Crippen LogP contribution in [0.1, 0.15) is 22.8 Å². The van der Waals surface area contributed by atoms with Crippen LogP contribution in [0.25, 0.3) is 0 Å². The van der Waals surface area contributed by atoms with Crippen molar-refractivity contribution in [1.29, 1.82) is 0 Å². The largest absolute Gasteiger partial charge is 0.452 e. The summed E-state index contributed by atoms with van der Waals surface area (Å²) in [4.78, 5) is 13.8. The van der Waals surface area contributed by atoms with Crippen molar-refractivity contribution in [2.24, 2.45) is 0 Å². The van der Waals surface area contributed by atoms with Crippen molar-refractivity contribution in [2.75, 3.05) is 6.54 Å². The summed E-state index contributed by atoms with van der Waals surface area (Å²) in [6, 6.07) is 7.70. The van der Waals surface area contributed by atoms with Gasteiger partial charge in [0.05, 0.1) is 11.8 Å². The fraction of sp³-hybridized carbons (Fsp3) is 0.214. The van der Waals surface area contributed by atoms with Crippen molar-refractivity contribution in [2.45, 2.75) is 13.5 Å². The number of amides is 1. The molecule has 0 fully saturated rings. The van der Waals surface area contributed by atoms with Gasteiger partial charge in [-0.25, -0.2) is 4.39 Å². The molecule has 0 aliphatic carbocycles. The number of carbonyl (C=O) groups is 1. The molecule has 0 bridgehead atoms. The smallest absolute Gasteiger partial charge is 0.259 e. The molecule has 1 aromatic heterocycles. The summed E-state index contributed by atoms with van der Waals surface area (Å²) in [5.41, 5.74) is 1.05. The van der Waals surface area contributed by atoms with Crippen LogP contribution >= 0.6 is 11.6 Å². The van der Waals surface area contributed by atoms with Gasteiger partial charge in [0.1, 0.15) is 5.82 Å². The number of hydrogen-bond acceptors (Lipinski definition) is 2. The quantitative estimate of drug-likeness (QED) is 0.855. The highest BCUT2D eigenvalue weighted by Gasteiger charge is 2.19. The van der Waals surface area contributed by atoms with Crippen LogP contribution in [0, 0.1) is 5.82 Å². The maximum absolute atomic E-state index is 13.1. The van der Waals surface area contributed by atoms with Crippen molar-refractivity contribution in [3.05, 3.63) is 58.8 Å². The van der Waals surface area contributed by atoms with E-state index < -0.39 is 0 Å². The lowest BCUT2D eigenvalue weighted by Gasteiger charge is -2.20. The molecule has 0 saturated heterocycles. The van der Waals surface area contributed by atoms with Crippen LogP contribution in [0.2, 0.25) is 5.22 Å². The third-order valence-corrected chi connectivity index (χ3v) is 3.07. The zero-order chi connectivity index (χ0) is 13.8. The third-order valence-electron chi connectivity index (χ3n) is 2.78. The molecule has 5 heteroatoms. The van der Waals surface area contributed by atoms with E-state index in [1.54, 1.807) is 17.0 Å². The molecule has 0 saturated carbocycles. The molecule has 3 nitrogen and oxygen atoms in total. The molecule has 0 unspecified atom stereocenters. The molecule has 2 rings (SSSR count). The second-order valence-corrected chi connectivity index (χ2v) is 4.40. The molecule has 0 spiro atoms. The number of halogens is 2. The van der Waals surface area contributed by atoms with Crippen LogP contribution in [0.5, 0.6) is 0 Å². The van der Waals surface area contributed by atoms with Crippen LogP contribution in [-0.2, 0) is 6.54 Å². The average molecular weight is 282 g/mol. The molecule has 1 aromatic carbocycles. The van der Waals surface area contributed by atoms with Gasteiger partial charge in [-0.15, -0.1) is 0 Å². The maximum Gasteiger partial charge on any atom is 0.259 e. The Hall–Kier alpha value is -1.81. The van der Waals surface area contributed by atoms with Gasteiger partial charge in [0, 0.05) is 13.1 Å². The first-order chi connectivity index (χ1) is 9.11. The maximum atomic E-state index is 13.1. The molecule has 0 radical (unpaired) electrons. The molecule has 0 N–H and O–H groups in total. The number of nitrogens with zero attached hydrogens (tertiary/aromatic N) is 1. The van der Waals surface area contributed by atoms with Crippen molar-refractivity contribution in [3.8, 4) is 0 Å². The lowest BCUT2D eigenvalue weighted by molar-refractivity contribution is 0.0752. The Kier molecular flexibility index (Phi) is 4.22. The minimum atomic E-state index is -0.317. The zero-order valence-electron chi connectivity index (χ0n) is 10.4. The minimum Gasteiger partial charge on any atom is -0.452 e. The van der Waals surface area contributed by atoms with E-state index in [1.807, 2.05) is 6.92 Å². The Morgan fingerprint density at radius 1 is 1.42 bits per heavy atom. The Labute approximate surface area is 115 Å². The SMILES string of the molecule is CCN(Cc1cccc(F)c1)C(=O)c1ccoc1Cl. The number of rotatable bonds is 4. The van der Waals surface area contributed by atoms with Gasteiger partial charge < -0.3 is 9.32 Å². The normalized spacial score (nSPS) is 10.5. The van der Waals surface area contributed by atoms with Gasteiger partial charge in [-0.3, -0.25) is 4.79 Å². The standard InChI is InChI=1S/C14H13ClFNO2/c1-2-17(9-10-4-3-5-11(16)8-10)14(18)12-6-7-19-13(12)15/h3-8H,2,9H2,1H3. The van der Waals surface area contributed by atoms with Crippen molar-refractivity contribution in [1.82, 2.24) is 4.90 Å². The number of hydrogen-bond donors (Lipinski definition) is 0. The second kappa shape index (κ2) is 5.89. The van der Waals surface area contributed by atoms with Crippen LogP contribution in [0.4, 0.5) is 4.39 Å². The molecule has 2 aromatic rings. The first-order valence-electron chi connectivity index (χ1n) is 5.88. The molecule has 0 aliphatic rings. The lowest BCUT2D eigenvalue weighted by Crippen LogP contribution is -2.30. The van der Waals surface area contributed by atoms with Crippen LogP contribution in [0.15, 0.2) is 41.0 Å². The van der Waals surface area contributed by atoms with Gasteiger partial charge in [-0.1, -0.05) is 12.1 Å². The van der Waals surface area contributed by atoms with Gasteiger partial charge >= 0.3 is 0 Å². The Balaban J connectivity index is 2.17. The molecule has 0 aliphatic heterocycles. The Morgan fingerprint density at radius 2 is 2.21 bits per heavy atom. The number of benzene rings is 1. The average Bonchev–Trinajstić information content (AvgIpc) is 2.81. The van der Waals surface area contributed by atoms with Gasteiger partial charge in [0.25, 0.3) is 5.91 Å². The molecular weight excluding hydrogens is 269 g/mol. The second-order valence-electron chi connectivity index (χ2n) is 4.06. The first kappa shape index (κ1) is 13.6. The van der Waals surface area contributed by atoms with Crippen molar-refractivity contribution < 1.29 is 13.6 Å². The van der Waals surface area contributed by atoms with Crippen molar-refractivity contribution >= 4 is 17.5 Å². The third kappa shape index (κ3) is 3.15. The van der Waals surface area contributed by atoms with E-state index in [2.05, 4.69) is 0 Å². The predicted molar refractivity (Wildman–Crippen MR) is 70.5 cm³/mol. The lowest BCUT2D eigenvalue weighted by atomic mass is 10.2. The van der Waals surface area contributed by atoms with Gasteiger partial charge in [-0.2, -0.15) is 0 Å². The van der Waals surface area contributed by atoms with E-state index in [0.717, 1.165) is 5.56 Å². The van der Waals surface area contributed by atoms with Crippen LogP contribution in [0.3, 0.4) is 0 Å². The monoisotopic (exact) mass is 281 g/mol. The van der Waals surface area contributed by atoms with E-state index in [1.165, 1.54) is 24.5 Å². The van der Waals surface area contributed by atoms with E-state index >= 15 is 0 Å². The van der Waals surface area contributed by atoms with E-state index in [0.29, 0.717) is 18.7 Å². The van der Waals surface area contributed by atoms with Crippen LogP contribution in [-0.4, -0.2) is 17.4 Å². The van der Waals surface area contributed by atoms with Crippen molar-refractivity contribution in [3.63, 3.8) is 0 Å². The van der Waals surface area contributed by atoms with Crippen LogP contribution < -0.4 is 0 Å². The Bertz CT molecular complexity index is 582. The highest BCUT2D eigenvalue weighted by molar-refractivity contribution is 6.32. The minimum absolute atomic E-state index is 0.0719. The van der Waals surface area contributed by atoms with E-state index in [-0.39, 0.29) is 16.9 Å². The first-order valence-corrected chi connectivity index (χ1v) is 6.26. The topological polar surface area (TPSA) is 33.5 Å². The molecule has 100 valence electrons. The zero-order valence-corrected chi connectivity index (χ0v) is 11.2. The summed E-state index contributed by atoms with van der Waals surface area (Å²) < 4.78 is 18.0. The Morgan fingerprint density at radius 3 is 2.79 bits per heavy atom. The summed E-state index contributed by atoms with van der Waals surface area (Å²) in [6.07, 6.45) is 1.37. The molecule has 0 atom stereocenters. The summed E-state index contributed by atoms with van der Waals surface area (Å²) in [5, 5.41) is 0.0719. The highest BCUT2D eigenvalue weighted by Crippen LogP contribution is 2.19. The predicted octanol–water partition coefficient (Wildman–Crippen LogP) is 3.73. The number of carbonyl (C=O) groups excluding carboxylic acids is 1. The fourth-order valence-electron chi connectivity index (χ4n) is 1.80. The van der Waals surface area contributed by atoms with Gasteiger partial charge in [-0.05, 0) is 42.3 Å². The number of furan rings is 1. The highest BCUT2D eigenvalue weighted by atomic mass is 35.5. The molecule has 1 amide bonds. The summed E-state index contributed by atoms with van der Waals surface area (Å²) in [5.74, 6) is -0.548. The fourth-order valence-corrected chi connectivity index (χ4v) is 1.99. The summed E-state index contributed by atoms with van der Waals surface area (Å²) in [6.45, 7) is 2.68. The molecule has 1 heterocycles. The van der Waals surface area contributed by atoms with E-state index in [9.17, 15) is 9.18 Å². The molecule has 19 heavy (non-hydrogen) atoms. The van der Waals surface area contributed by atoms with Gasteiger partial charge in [0.15, 0.2) is 0 Å². The van der Waals surface area contributed by atoms with E-state index in [4.69, 9.17) is 16.0 Å². The van der Waals surface area contributed by atoms with Gasteiger partial charge in [0.2, 0.25) is 5.22 Å². The summed E-state index contributed by atoms with van der Waals surface area (Å²) in [7, 11) is 0. The summed E-state index contributed by atoms with van der Waals surface area (Å²) >= 11 is 5.79. The molecular formula is C14H13ClFNO2.